The van der Waals surface area contributed by atoms with Crippen LogP contribution in [0.1, 0.15) is 20.8 Å². The number of carbonyl (C=O) groups is 3. The lowest BCUT2D eigenvalue weighted by atomic mass is 10.1. The number of alkyl carbamates (subject to hydrolysis) is 1. The van der Waals surface area contributed by atoms with Crippen LogP contribution in [0, 0.1) is 0 Å². The van der Waals surface area contributed by atoms with Crippen molar-refractivity contribution in [2.24, 2.45) is 5.73 Å². The molecule has 0 saturated carbocycles. The minimum atomic E-state index is -1.02. The predicted octanol–water partition coefficient (Wildman–Crippen LogP) is -0.227. The fourth-order valence-corrected chi connectivity index (χ4v) is 1.44. The van der Waals surface area contributed by atoms with Crippen LogP contribution < -0.4 is 11.1 Å². The second kappa shape index (κ2) is 4.71. The highest BCUT2D eigenvalue weighted by Gasteiger charge is 2.49. The van der Waals surface area contributed by atoms with E-state index in [4.69, 9.17) is 10.5 Å². The number of primary amides is 1. The van der Waals surface area contributed by atoms with Crippen molar-refractivity contribution in [3.8, 4) is 0 Å². The van der Waals surface area contributed by atoms with E-state index in [1.54, 1.807) is 20.8 Å². The minimum absolute atomic E-state index is 0.382. The quantitative estimate of drug-likeness (QED) is 0.665. The summed E-state index contributed by atoms with van der Waals surface area (Å²) in [5, 5.41) is 2.32. The number of ether oxygens (including phenoxy) is 2. The van der Waals surface area contributed by atoms with Gasteiger partial charge in [0.1, 0.15) is 5.60 Å². The first-order chi connectivity index (χ1) is 8.11. The molecule has 0 aromatic carbocycles. The van der Waals surface area contributed by atoms with E-state index < -0.39 is 30.1 Å². The van der Waals surface area contributed by atoms with Crippen LogP contribution in [0.15, 0.2) is 0 Å². The molecular formula is C10H17N3O5. The summed E-state index contributed by atoms with van der Waals surface area (Å²) in [5.74, 6) is -0.382. The van der Waals surface area contributed by atoms with Gasteiger partial charge in [0.25, 0.3) is 5.91 Å². The topological polar surface area (TPSA) is 111 Å². The molecule has 1 rings (SSSR count). The molecule has 1 fully saturated rings. The van der Waals surface area contributed by atoms with E-state index in [2.05, 4.69) is 10.1 Å². The van der Waals surface area contributed by atoms with E-state index in [-0.39, 0.29) is 5.91 Å². The third kappa shape index (κ3) is 3.25. The summed E-state index contributed by atoms with van der Waals surface area (Å²) in [7, 11) is 1.43. The molecule has 3 amide bonds. The van der Waals surface area contributed by atoms with Crippen molar-refractivity contribution in [1.29, 1.82) is 0 Å². The zero-order valence-electron chi connectivity index (χ0n) is 10.7. The SMILES string of the molecule is CN1C(=O)C(NC(=O)OC(C)(C)C)C1OC(N)=O. The van der Waals surface area contributed by atoms with Crippen molar-refractivity contribution < 1.29 is 23.9 Å². The number of hydrogen-bond donors (Lipinski definition) is 2. The molecule has 1 heterocycles. The maximum atomic E-state index is 11.5. The smallest absolute Gasteiger partial charge is 0.408 e. The van der Waals surface area contributed by atoms with E-state index in [1.807, 2.05) is 0 Å². The maximum absolute atomic E-state index is 11.5. The Labute approximate surface area is 104 Å². The molecule has 0 bridgehead atoms. The van der Waals surface area contributed by atoms with E-state index in [1.165, 1.54) is 7.05 Å². The third-order valence-electron chi connectivity index (χ3n) is 2.19. The number of amides is 3. The number of likely N-dealkylation sites (tertiary alicyclic amines) is 1. The zero-order valence-corrected chi connectivity index (χ0v) is 10.7. The van der Waals surface area contributed by atoms with Crippen molar-refractivity contribution in [1.82, 2.24) is 10.2 Å². The Kier molecular flexibility index (Phi) is 3.68. The average molecular weight is 259 g/mol. The van der Waals surface area contributed by atoms with Crippen LogP contribution in [0.5, 0.6) is 0 Å². The molecule has 3 N–H and O–H groups in total. The van der Waals surface area contributed by atoms with Crippen LogP contribution in [0.4, 0.5) is 9.59 Å². The summed E-state index contributed by atoms with van der Waals surface area (Å²) in [6.07, 6.45) is -2.68. The van der Waals surface area contributed by atoms with E-state index >= 15 is 0 Å². The Morgan fingerprint density at radius 3 is 2.39 bits per heavy atom. The molecule has 1 aliphatic heterocycles. The summed E-state index contributed by atoms with van der Waals surface area (Å²) >= 11 is 0. The van der Waals surface area contributed by atoms with Gasteiger partial charge in [0, 0.05) is 7.05 Å². The Bertz CT molecular complexity index is 376. The van der Waals surface area contributed by atoms with Crippen molar-refractivity contribution in [2.45, 2.75) is 38.6 Å². The second-order valence-electron chi connectivity index (χ2n) is 4.90. The van der Waals surface area contributed by atoms with Crippen molar-refractivity contribution in [3.05, 3.63) is 0 Å². The van der Waals surface area contributed by atoms with Gasteiger partial charge in [-0.05, 0) is 20.8 Å². The summed E-state index contributed by atoms with van der Waals surface area (Å²) in [6, 6.07) is -0.961. The third-order valence-corrected chi connectivity index (χ3v) is 2.19. The molecule has 102 valence electrons. The van der Waals surface area contributed by atoms with Gasteiger partial charge in [0.15, 0.2) is 6.04 Å². The Morgan fingerprint density at radius 1 is 1.39 bits per heavy atom. The lowest BCUT2D eigenvalue weighted by molar-refractivity contribution is -0.167. The minimum Gasteiger partial charge on any atom is -0.444 e. The molecule has 1 saturated heterocycles. The Balaban J connectivity index is 2.57. The number of rotatable bonds is 2. The molecule has 8 heteroatoms. The second-order valence-corrected chi connectivity index (χ2v) is 4.90. The van der Waals surface area contributed by atoms with Gasteiger partial charge in [-0.2, -0.15) is 0 Å². The highest BCUT2D eigenvalue weighted by Crippen LogP contribution is 2.19. The van der Waals surface area contributed by atoms with Crippen molar-refractivity contribution in [3.63, 3.8) is 0 Å². The molecule has 0 radical (unpaired) electrons. The summed E-state index contributed by atoms with van der Waals surface area (Å²) < 4.78 is 9.67. The zero-order chi connectivity index (χ0) is 14.1. The van der Waals surface area contributed by atoms with Gasteiger partial charge < -0.3 is 25.4 Å². The number of nitrogens with two attached hydrogens (primary N) is 1. The van der Waals surface area contributed by atoms with Crippen LogP contribution in [0.2, 0.25) is 0 Å². The van der Waals surface area contributed by atoms with E-state index in [0.29, 0.717) is 0 Å². The van der Waals surface area contributed by atoms with Crippen molar-refractivity contribution >= 4 is 18.1 Å². The standard InChI is InChI=1S/C10H17N3O5/c1-10(2,3)18-9(16)12-5-6(14)13(4)7(5)17-8(11)15/h5,7H,1-4H3,(H2,11,15)(H,12,16). The van der Waals surface area contributed by atoms with Gasteiger partial charge in [0.2, 0.25) is 6.23 Å². The molecule has 18 heavy (non-hydrogen) atoms. The van der Waals surface area contributed by atoms with Gasteiger partial charge in [-0.1, -0.05) is 0 Å². The summed E-state index contributed by atoms with van der Waals surface area (Å²) in [6.45, 7) is 5.08. The lowest BCUT2D eigenvalue weighted by Crippen LogP contribution is -2.71. The van der Waals surface area contributed by atoms with E-state index in [0.717, 1.165) is 4.90 Å². The van der Waals surface area contributed by atoms with Crippen LogP contribution in [0.3, 0.4) is 0 Å². The van der Waals surface area contributed by atoms with Crippen LogP contribution in [-0.2, 0) is 14.3 Å². The monoisotopic (exact) mass is 259 g/mol. The largest absolute Gasteiger partial charge is 0.444 e. The Morgan fingerprint density at radius 2 is 1.94 bits per heavy atom. The highest BCUT2D eigenvalue weighted by atomic mass is 16.6. The summed E-state index contributed by atoms with van der Waals surface area (Å²) in [5.41, 5.74) is 4.18. The summed E-state index contributed by atoms with van der Waals surface area (Å²) in [4.78, 5) is 34.7. The number of hydrogen-bond acceptors (Lipinski definition) is 5. The van der Waals surface area contributed by atoms with Crippen LogP contribution >= 0.6 is 0 Å². The van der Waals surface area contributed by atoms with Gasteiger partial charge >= 0.3 is 12.2 Å². The molecule has 0 aromatic heterocycles. The lowest BCUT2D eigenvalue weighted by Gasteiger charge is -2.43. The molecule has 2 atom stereocenters. The van der Waals surface area contributed by atoms with Gasteiger partial charge in [-0.25, -0.2) is 9.59 Å². The average Bonchev–Trinajstić information content (AvgIpc) is 2.19. The fraction of sp³-hybridized carbons (Fsp3) is 0.700. The highest BCUT2D eigenvalue weighted by molar-refractivity contribution is 5.92. The molecule has 0 spiro atoms. The first-order valence-electron chi connectivity index (χ1n) is 5.34. The molecule has 1 aliphatic rings. The fourth-order valence-electron chi connectivity index (χ4n) is 1.44. The van der Waals surface area contributed by atoms with Gasteiger partial charge in [-0.15, -0.1) is 0 Å². The van der Waals surface area contributed by atoms with Crippen LogP contribution in [-0.4, -0.2) is 47.9 Å². The number of carbonyl (C=O) groups excluding carboxylic acids is 3. The number of nitrogens with zero attached hydrogens (tertiary/aromatic N) is 1. The van der Waals surface area contributed by atoms with Crippen LogP contribution in [0.25, 0.3) is 0 Å². The molecule has 0 aliphatic carbocycles. The number of nitrogens with one attached hydrogen (secondary N) is 1. The first-order valence-corrected chi connectivity index (χ1v) is 5.34. The molecule has 8 nitrogen and oxygen atoms in total. The number of β-lactam (4-membered cyclic amide) rings is 1. The molecule has 2 unspecified atom stereocenters. The predicted molar refractivity (Wildman–Crippen MR) is 60.4 cm³/mol. The van der Waals surface area contributed by atoms with Crippen molar-refractivity contribution in [2.75, 3.05) is 7.05 Å². The van der Waals surface area contributed by atoms with E-state index in [9.17, 15) is 14.4 Å². The van der Waals surface area contributed by atoms with Gasteiger partial charge in [-0.3, -0.25) is 4.79 Å². The molecular weight excluding hydrogens is 242 g/mol. The number of likely N-dealkylation sites (N-methyl/N-ethyl adjacent to an activating group) is 1. The maximum Gasteiger partial charge on any atom is 0.408 e. The first kappa shape index (κ1) is 14.1. The molecule has 0 aromatic rings. The Hall–Kier alpha value is -1.99. The normalized spacial score (nSPS) is 23.1. The van der Waals surface area contributed by atoms with Gasteiger partial charge in [0.05, 0.1) is 0 Å².